The molecule has 1 saturated heterocycles. The van der Waals surface area contributed by atoms with Crippen LogP contribution < -0.4 is 5.32 Å². The van der Waals surface area contributed by atoms with Gasteiger partial charge in [-0.3, -0.25) is 0 Å². The van der Waals surface area contributed by atoms with Crippen LogP contribution in [0.15, 0.2) is 16.8 Å². The minimum atomic E-state index is 1.03. The van der Waals surface area contributed by atoms with Crippen molar-refractivity contribution in [2.24, 2.45) is 0 Å². The molecule has 0 radical (unpaired) electrons. The minimum Gasteiger partial charge on any atom is -0.313 e. The summed E-state index contributed by atoms with van der Waals surface area (Å²) in [6.07, 6.45) is 5.53. The van der Waals surface area contributed by atoms with Gasteiger partial charge in [-0.05, 0) is 67.8 Å². The standard InChI is InChI=1S/C13H22N2S/c1-2-7-15(8-3-1)9-4-6-14-11-13-5-10-16-12-13/h5,10,12,14H,1-4,6-9,11H2. The monoisotopic (exact) mass is 238 g/mol. The molecule has 3 heteroatoms. The molecule has 0 bridgehead atoms. The molecule has 0 atom stereocenters. The van der Waals surface area contributed by atoms with Gasteiger partial charge in [0, 0.05) is 6.54 Å². The third-order valence-electron chi connectivity index (χ3n) is 3.19. The molecule has 0 amide bonds. The van der Waals surface area contributed by atoms with Gasteiger partial charge in [0.05, 0.1) is 0 Å². The fourth-order valence-corrected chi connectivity index (χ4v) is 2.91. The molecule has 1 aliphatic heterocycles. The highest BCUT2D eigenvalue weighted by Gasteiger charge is 2.08. The van der Waals surface area contributed by atoms with Gasteiger partial charge in [-0.25, -0.2) is 0 Å². The Morgan fingerprint density at radius 2 is 2.12 bits per heavy atom. The SMILES string of the molecule is c1cc(CNCCCN2CCCCC2)cs1. The average molecular weight is 238 g/mol. The van der Waals surface area contributed by atoms with Gasteiger partial charge in [0.1, 0.15) is 0 Å². The zero-order chi connectivity index (χ0) is 11.1. The van der Waals surface area contributed by atoms with Crippen LogP contribution in [0.5, 0.6) is 0 Å². The molecule has 2 heterocycles. The molecule has 2 nitrogen and oxygen atoms in total. The fraction of sp³-hybridized carbons (Fsp3) is 0.692. The molecule has 0 aromatic carbocycles. The van der Waals surface area contributed by atoms with Gasteiger partial charge in [-0.15, -0.1) is 0 Å². The lowest BCUT2D eigenvalue weighted by molar-refractivity contribution is 0.225. The molecule has 1 N–H and O–H groups in total. The molecule has 1 fully saturated rings. The topological polar surface area (TPSA) is 15.3 Å². The summed E-state index contributed by atoms with van der Waals surface area (Å²) >= 11 is 1.78. The lowest BCUT2D eigenvalue weighted by Gasteiger charge is -2.26. The van der Waals surface area contributed by atoms with Crippen molar-refractivity contribution in [1.82, 2.24) is 10.2 Å². The Morgan fingerprint density at radius 1 is 1.25 bits per heavy atom. The van der Waals surface area contributed by atoms with Gasteiger partial charge in [-0.1, -0.05) is 6.42 Å². The van der Waals surface area contributed by atoms with Crippen LogP contribution in [0, 0.1) is 0 Å². The highest BCUT2D eigenvalue weighted by molar-refractivity contribution is 7.07. The average Bonchev–Trinajstić information content (AvgIpc) is 2.83. The summed E-state index contributed by atoms with van der Waals surface area (Å²) in [6.45, 7) is 6.10. The maximum atomic E-state index is 3.51. The maximum absolute atomic E-state index is 3.51. The van der Waals surface area contributed by atoms with E-state index in [1.807, 2.05) is 0 Å². The number of nitrogens with zero attached hydrogens (tertiary/aromatic N) is 1. The lowest BCUT2D eigenvalue weighted by atomic mass is 10.1. The van der Waals surface area contributed by atoms with Gasteiger partial charge in [-0.2, -0.15) is 11.3 Å². The van der Waals surface area contributed by atoms with Crippen LogP contribution in [-0.4, -0.2) is 31.1 Å². The van der Waals surface area contributed by atoms with Crippen LogP contribution in [0.25, 0.3) is 0 Å². The first-order valence-electron chi connectivity index (χ1n) is 6.39. The number of thiophene rings is 1. The van der Waals surface area contributed by atoms with E-state index >= 15 is 0 Å². The fourth-order valence-electron chi connectivity index (χ4n) is 2.24. The molecule has 0 saturated carbocycles. The summed E-state index contributed by atoms with van der Waals surface area (Å²) < 4.78 is 0. The van der Waals surface area contributed by atoms with E-state index in [1.54, 1.807) is 11.3 Å². The molecule has 1 aromatic rings. The Labute approximate surface area is 103 Å². The van der Waals surface area contributed by atoms with Crippen molar-refractivity contribution in [2.75, 3.05) is 26.2 Å². The van der Waals surface area contributed by atoms with Crippen LogP contribution in [0.4, 0.5) is 0 Å². The first-order chi connectivity index (χ1) is 7.95. The number of hydrogen-bond acceptors (Lipinski definition) is 3. The molecule has 2 rings (SSSR count). The van der Waals surface area contributed by atoms with E-state index in [9.17, 15) is 0 Å². The number of hydrogen-bond donors (Lipinski definition) is 1. The zero-order valence-corrected chi connectivity index (χ0v) is 10.8. The van der Waals surface area contributed by atoms with Crippen molar-refractivity contribution < 1.29 is 0 Å². The van der Waals surface area contributed by atoms with E-state index in [2.05, 4.69) is 27.0 Å². The third kappa shape index (κ3) is 4.24. The van der Waals surface area contributed by atoms with Crippen LogP contribution >= 0.6 is 11.3 Å². The second kappa shape index (κ2) is 7.05. The van der Waals surface area contributed by atoms with Crippen molar-refractivity contribution in [3.8, 4) is 0 Å². The summed E-state index contributed by atoms with van der Waals surface area (Å²) in [5.74, 6) is 0. The van der Waals surface area contributed by atoms with E-state index in [0.717, 1.165) is 13.1 Å². The Balaban J connectivity index is 1.48. The van der Waals surface area contributed by atoms with Crippen LogP contribution in [-0.2, 0) is 6.54 Å². The Morgan fingerprint density at radius 3 is 2.88 bits per heavy atom. The highest BCUT2D eigenvalue weighted by Crippen LogP contribution is 2.08. The predicted molar refractivity (Wildman–Crippen MR) is 70.9 cm³/mol. The molecule has 1 aliphatic rings. The van der Waals surface area contributed by atoms with Crippen molar-refractivity contribution in [1.29, 1.82) is 0 Å². The molecular weight excluding hydrogens is 216 g/mol. The summed E-state index contributed by atoms with van der Waals surface area (Å²) in [7, 11) is 0. The van der Waals surface area contributed by atoms with Crippen molar-refractivity contribution in [3.63, 3.8) is 0 Å². The highest BCUT2D eigenvalue weighted by atomic mass is 32.1. The second-order valence-corrected chi connectivity index (χ2v) is 5.34. The van der Waals surface area contributed by atoms with Gasteiger partial charge in [0.2, 0.25) is 0 Å². The quantitative estimate of drug-likeness (QED) is 0.767. The molecule has 90 valence electrons. The van der Waals surface area contributed by atoms with Crippen LogP contribution in [0.1, 0.15) is 31.2 Å². The molecule has 16 heavy (non-hydrogen) atoms. The normalized spacial score (nSPS) is 17.8. The Hall–Kier alpha value is -0.380. The maximum Gasteiger partial charge on any atom is 0.0213 e. The summed E-state index contributed by atoms with van der Waals surface area (Å²) in [4.78, 5) is 2.61. The lowest BCUT2D eigenvalue weighted by Crippen LogP contribution is -2.32. The Kier molecular flexibility index (Phi) is 5.32. The van der Waals surface area contributed by atoms with Crippen LogP contribution in [0.3, 0.4) is 0 Å². The van der Waals surface area contributed by atoms with Crippen molar-refractivity contribution >= 4 is 11.3 Å². The second-order valence-electron chi connectivity index (χ2n) is 4.56. The predicted octanol–water partition coefficient (Wildman–Crippen LogP) is 2.71. The largest absolute Gasteiger partial charge is 0.313 e. The van der Waals surface area contributed by atoms with Crippen molar-refractivity contribution in [2.45, 2.75) is 32.2 Å². The first kappa shape index (κ1) is 12.1. The molecule has 1 aromatic heterocycles. The smallest absolute Gasteiger partial charge is 0.0213 e. The number of rotatable bonds is 6. The minimum absolute atomic E-state index is 1.03. The molecule has 0 spiro atoms. The van der Waals surface area contributed by atoms with Crippen molar-refractivity contribution in [3.05, 3.63) is 22.4 Å². The number of likely N-dealkylation sites (tertiary alicyclic amines) is 1. The van der Waals surface area contributed by atoms with E-state index in [1.165, 1.54) is 50.9 Å². The van der Waals surface area contributed by atoms with E-state index in [0.29, 0.717) is 0 Å². The number of piperidine rings is 1. The van der Waals surface area contributed by atoms with Gasteiger partial charge in [0.15, 0.2) is 0 Å². The van der Waals surface area contributed by atoms with E-state index < -0.39 is 0 Å². The molecular formula is C13H22N2S. The molecule has 0 unspecified atom stereocenters. The summed E-state index contributed by atoms with van der Waals surface area (Å²) in [5, 5.41) is 7.87. The Bertz CT molecular complexity index is 265. The van der Waals surface area contributed by atoms with Gasteiger partial charge < -0.3 is 10.2 Å². The first-order valence-corrected chi connectivity index (χ1v) is 7.33. The molecule has 0 aliphatic carbocycles. The summed E-state index contributed by atoms with van der Waals surface area (Å²) in [5.41, 5.74) is 1.42. The van der Waals surface area contributed by atoms with Crippen LogP contribution in [0.2, 0.25) is 0 Å². The van der Waals surface area contributed by atoms with E-state index in [4.69, 9.17) is 0 Å². The van der Waals surface area contributed by atoms with E-state index in [-0.39, 0.29) is 0 Å². The van der Waals surface area contributed by atoms with Gasteiger partial charge >= 0.3 is 0 Å². The van der Waals surface area contributed by atoms with Gasteiger partial charge in [0.25, 0.3) is 0 Å². The number of nitrogens with one attached hydrogen (secondary N) is 1. The zero-order valence-electron chi connectivity index (χ0n) is 9.95. The summed E-state index contributed by atoms with van der Waals surface area (Å²) in [6, 6.07) is 2.20. The third-order valence-corrected chi connectivity index (χ3v) is 3.92.